The molecule has 1 saturated heterocycles. The van der Waals surface area contributed by atoms with Crippen molar-refractivity contribution in [2.24, 2.45) is 0 Å². The van der Waals surface area contributed by atoms with Gasteiger partial charge in [-0.25, -0.2) is 0 Å². The van der Waals surface area contributed by atoms with Gasteiger partial charge in [0.25, 0.3) is 0 Å². The van der Waals surface area contributed by atoms with E-state index in [-0.39, 0.29) is 0 Å². The topological polar surface area (TPSA) is 47.0 Å². The van der Waals surface area contributed by atoms with Gasteiger partial charge in [0.1, 0.15) is 0 Å². The molecule has 1 aliphatic heterocycles. The molecular weight excluding hydrogens is 222 g/mol. The van der Waals surface area contributed by atoms with Crippen LogP contribution in [0, 0.1) is 0 Å². The quantitative estimate of drug-likeness (QED) is 0.829. The van der Waals surface area contributed by atoms with Crippen LogP contribution in [0.3, 0.4) is 0 Å². The van der Waals surface area contributed by atoms with E-state index in [0.717, 1.165) is 13.0 Å². The van der Waals surface area contributed by atoms with Gasteiger partial charge >= 0.3 is 0 Å². The third-order valence-corrected chi connectivity index (χ3v) is 3.89. The number of hydrogen-bond donors (Lipinski definition) is 1. The van der Waals surface area contributed by atoms with Crippen LogP contribution in [0.5, 0.6) is 0 Å². The Morgan fingerprint density at radius 2 is 2.62 bits per heavy atom. The number of rotatable bonds is 6. The zero-order valence-corrected chi connectivity index (χ0v) is 10.5. The summed E-state index contributed by atoms with van der Waals surface area (Å²) in [5.74, 6) is 0. The lowest BCUT2D eigenvalue weighted by Gasteiger charge is -2.14. The van der Waals surface area contributed by atoms with Gasteiger partial charge in [0.15, 0.2) is 0 Å². The van der Waals surface area contributed by atoms with Gasteiger partial charge in [-0.15, -0.1) is 5.10 Å². The molecule has 1 aliphatic rings. The second kappa shape index (κ2) is 6.27. The summed E-state index contributed by atoms with van der Waals surface area (Å²) in [5.41, 5.74) is 0. The summed E-state index contributed by atoms with van der Waals surface area (Å²) < 4.78 is 9.52. The van der Waals surface area contributed by atoms with Gasteiger partial charge in [-0.05, 0) is 50.7 Å². The molecule has 0 bridgehead atoms. The highest BCUT2D eigenvalue weighted by atomic mass is 32.1. The first-order valence-electron chi connectivity index (χ1n) is 5.96. The molecule has 1 aromatic rings. The standard InChI is InChI=1S/C11H19N3OS/c1-12-10(11-8-13-14-16-11)6-2-4-9-5-3-7-15-9/h8-10,12H,2-7H2,1H3. The SMILES string of the molecule is CNC(CCCC1CCCO1)c1cnns1. The highest BCUT2D eigenvalue weighted by molar-refractivity contribution is 7.05. The molecular formula is C11H19N3OS. The first-order chi connectivity index (χ1) is 7.90. The molecule has 0 saturated carbocycles. The van der Waals surface area contributed by atoms with Gasteiger partial charge in [-0.3, -0.25) is 0 Å². The van der Waals surface area contributed by atoms with Crippen molar-refractivity contribution in [3.8, 4) is 0 Å². The van der Waals surface area contributed by atoms with Crippen molar-refractivity contribution in [1.82, 2.24) is 14.9 Å². The largest absolute Gasteiger partial charge is 0.378 e. The van der Waals surface area contributed by atoms with E-state index in [1.807, 2.05) is 13.2 Å². The summed E-state index contributed by atoms with van der Waals surface area (Å²) in [6, 6.07) is 0.404. The molecule has 0 aliphatic carbocycles. The molecule has 90 valence electrons. The fourth-order valence-electron chi connectivity index (χ4n) is 2.18. The summed E-state index contributed by atoms with van der Waals surface area (Å²) in [6.45, 7) is 0.957. The second-order valence-corrected chi connectivity index (χ2v) is 5.04. The first-order valence-corrected chi connectivity index (χ1v) is 6.73. The third kappa shape index (κ3) is 3.23. The average molecular weight is 241 g/mol. The zero-order valence-electron chi connectivity index (χ0n) is 9.69. The maximum absolute atomic E-state index is 5.62. The van der Waals surface area contributed by atoms with Crippen molar-refractivity contribution in [1.29, 1.82) is 0 Å². The minimum atomic E-state index is 0.404. The van der Waals surface area contributed by atoms with E-state index in [1.165, 1.54) is 42.1 Å². The molecule has 5 heteroatoms. The predicted molar refractivity (Wildman–Crippen MR) is 64.5 cm³/mol. The van der Waals surface area contributed by atoms with E-state index in [1.54, 1.807) is 0 Å². The van der Waals surface area contributed by atoms with Gasteiger partial charge in [-0.1, -0.05) is 4.49 Å². The molecule has 2 unspecified atom stereocenters. The molecule has 2 heterocycles. The van der Waals surface area contributed by atoms with Crippen molar-refractivity contribution in [3.63, 3.8) is 0 Å². The molecule has 0 aromatic carbocycles. The summed E-state index contributed by atoms with van der Waals surface area (Å²) >= 11 is 1.48. The van der Waals surface area contributed by atoms with Crippen LogP contribution in [0.25, 0.3) is 0 Å². The third-order valence-electron chi connectivity index (χ3n) is 3.11. The van der Waals surface area contributed by atoms with Gasteiger partial charge in [0.05, 0.1) is 17.2 Å². The Balaban J connectivity index is 1.71. The Bertz CT molecular complexity index is 285. The minimum absolute atomic E-state index is 0.404. The van der Waals surface area contributed by atoms with E-state index < -0.39 is 0 Å². The molecule has 2 rings (SSSR count). The normalized spacial score (nSPS) is 22.4. The number of aromatic nitrogens is 2. The monoisotopic (exact) mass is 241 g/mol. The van der Waals surface area contributed by atoms with Crippen LogP contribution >= 0.6 is 11.5 Å². The van der Waals surface area contributed by atoms with Crippen LogP contribution in [0.2, 0.25) is 0 Å². The van der Waals surface area contributed by atoms with Gasteiger partial charge in [0.2, 0.25) is 0 Å². The molecule has 2 atom stereocenters. The fraction of sp³-hybridized carbons (Fsp3) is 0.818. The lowest BCUT2D eigenvalue weighted by molar-refractivity contribution is 0.101. The molecule has 4 nitrogen and oxygen atoms in total. The first kappa shape index (κ1) is 12.0. The average Bonchev–Trinajstić information content (AvgIpc) is 2.96. The zero-order chi connectivity index (χ0) is 11.2. The molecule has 0 amide bonds. The predicted octanol–water partition coefficient (Wildman–Crippen LogP) is 2.15. The summed E-state index contributed by atoms with van der Waals surface area (Å²) in [6.07, 6.45) is 8.37. The summed E-state index contributed by atoms with van der Waals surface area (Å²) in [5, 5.41) is 7.20. The van der Waals surface area contributed by atoms with Crippen LogP contribution in [-0.2, 0) is 4.74 Å². The van der Waals surface area contributed by atoms with Crippen LogP contribution in [0.4, 0.5) is 0 Å². The van der Waals surface area contributed by atoms with Crippen molar-refractivity contribution in [2.75, 3.05) is 13.7 Å². The van der Waals surface area contributed by atoms with Crippen molar-refractivity contribution < 1.29 is 4.74 Å². The van der Waals surface area contributed by atoms with E-state index >= 15 is 0 Å². The molecule has 1 fully saturated rings. The summed E-state index contributed by atoms with van der Waals surface area (Å²) in [7, 11) is 2.00. The highest BCUT2D eigenvalue weighted by Gasteiger charge is 2.17. The van der Waals surface area contributed by atoms with Crippen molar-refractivity contribution >= 4 is 11.5 Å². The van der Waals surface area contributed by atoms with E-state index in [9.17, 15) is 0 Å². The Hall–Kier alpha value is -0.520. The van der Waals surface area contributed by atoms with Crippen LogP contribution in [0.1, 0.15) is 43.0 Å². The maximum atomic E-state index is 5.62. The molecule has 0 spiro atoms. The van der Waals surface area contributed by atoms with Crippen molar-refractivity contribution in [3.05, 3.63) is 11.1 Å². The molecule has 1 aromatic heterocycles. The smallest absolute Gasteiger partial charge is 0.0669 e. The Morgan fingerprint density at radius 3 is 3.25 bits per heavy atom. The number of nitrogens with zero attached hydrogens (tertiary/aromatic N) is 2. The number of hydrogen-bond acceptors (Lipinski definition) is 5. The van der Waals surface area contributed by atoms with Crippen LogP contribution in [0.15, 0.2) is 6.20 Å². The lowest BCUT2D eigenvalue weighted by atomic mass is 10.0. The fourth-order valence-corrected chi connectivity index (χ4v) is 2.82. The van der Waals surface area contributed by atoms with Gasteiger partial charge < -0.3 is 10.1 Å². The van der Waals surface area contributed by atoms with E-state index in [0.29, 0.717) is 12.1 Å². The minimum Gasteiger partial charge on any atom is -0.378 e. The molecule has 1 N–H and O–H groups in total. The lowest BCUT2D eigenvalue weighted by Crippen LogP contribution is -2.16. The maximum Gasteiger partial charge on any atom is 0.0669 e. The number of nitrogens with one attached hydrogen (secondary N) is 1. The van der Waals surface area contributed by atoms with E-state index in [2.05, 4.69) is 14.9 Å². The number of ether oxygens (including phenoxy) is 1. The van der Waals surface area contributed by atoms with Crippen molar-refractivity contribution in [2.45, 2.75) is 44.2 Å². The van der Waals surface area contributed by atoms with Crippen LogP contribution in [-0.4, -0.2) is 29.3 Å². The van der Waals surface area contributed by atoms with Gasteiger partial charge in [-0.2, -0.15) is 0 Å². The summed E-state index contributed by atoms with van der Waals surface area (Å²) in [4.78, 5) is 1.23. The molecule has 0 radical (unpaired) electrons. The van der Waals surface area contributed by atoms with E-state index in [4.69, 9.17) is 4.74 Å². The Kier molecular flexibility index (Phi) is 4.69. The highest BCUT2D eigenvalue weighted by Crippen LogP contribution is 2.23. The Morgan fingerprint density at radius 1 is 1.69 bits per heavy atom. The van der Waals surface area contributed by atoms with Crippen LogP contribution < -0.4 is 5.32 Å². The van der Waals surface area contributed by atoms with Gasteiger partial charge in [0, 0.05) is 12.6 Å². The Labute approximate surface area is 101 Å². The molecule has 16 heavy (non-hydrogen) atoms. The second-order valence-electron chi connectivity index (χ2n) is 4.23.